The molecule has 31 heavy (non-hydrogen) atoms. The van der Waals surface area contributed by atoms with E-state index in [2.05, 4.69) is 10.4 Å². The number of sulfonamides is 1. The third-order valence-electron chi connectivity index (χ3n) is 5.22. The average Bonchev–Trinajstić information content (AvgIpc) is 2.99. The van der Waals surface area contributed by atoms with Crippen LogP contribution in [0.25, 0.3) is 0 Å². The second-order valence-corrected chi connectivity index (χ2v) is 9.37. The number of rotatable bonds is 7. The lowest BCUT2D eigenvalue weighted by Crippen LogP contribution is -2.38. The summed E-state index contributed by atoms with van der Waals surface area (Å²) in [5.41, 5.74) is 4.06. The molecule has 164 valence electrons. The van der Waals surface area contributed by atoms with Crippen molar-refractivity contribution in [2.75, 3.05) is 16.2 Å². The minimum Gasteiger partial charge on any atom is -0.325 e. The van der Waals surface area contributed by atoms with E-state index in [1.165, 1.54) is 4.68 Å². The molecule has 7 nitrogen and oxygen atoms in total. The number of anilines is 2. The topological polar surface area (TPSA) is 84.3 Å². The van der Waals surface area contributed by atoms with Crippen LogP contribution in [0.1, 0.15) is 29.4 Å². The maximum absolute atomic E-state index is 13.7. The smallest absolute Gasteiger partial charge is 0.268 e. The number of hydrogen-bond acceptors (Lipinski definition) is 4. The zero-order valence-corrected chi connectivity index (χ0v) is 19.3. The van der Waals surface area contributed by atoms with Crippen molar-refractivity contribution in [3.05, 3.63) is 71.0 Å². The van der Waals surface area contributed by atoms with Gasteiger partial charge in [0.2, 0.25) is 5.91 Å². The van der Waals surface area contributed by atoms with Gasteiger partial charge in [0.25, 0.3) is 10.0 Å². The Hall–Kier alpha value is -3.13. The first kappa shape index (κ1) is 22.6. The number of nitrogens with zero attached hydrogens (tertiary/aromatic N) is 3. The van der Waals surface area contributed by atoms with Crippen LogP contribution >= 0.6 is 0 Å². The molecule has 0 atom stereocenters. The summed E-state index contributed by atoms with van der Waals surface area (Å²) >= 11 is 0. The van der Waals surface area contributed by atoms with Gasteiger partial charge in [0.1, 0.15) is 11.4 Å². The molecule has 0 unspecified atom stereocenters. The van der Waals surface area contributed by atoms with Gasteiger partial charge < -0.3 is 5.32 Å². The normalized spacial score (nSPS) is 11.4. The van der Waals surface area contributed by atoms with E-state index in [0.29, 0.717) is 22.8 Å². The first-order chi connectivity index (χ1) is 14.6. The molecule has 0 bridgehead atoms. The fraction of sp³-hybridized carbons (Fsp3) is 0.304. The summed E-state index contributed by atoms with van der Waals surface area (Å²) in [7, 11) is -2.32. The third kappa shape index (κ3) is 4.80. The lowest BCUT2D eigenvalue weighted by atomic mass is 10.1. The van der Waals surface area contributed by atoms with Crippen LogP contribution < -0.4 is 9.62 Å². The molecule has 1 aromatic heterocycles. The Morgan fingerprint density at radius 2 is 1.77 bits per heavy atom. The predicted octanol–water partition coefficient (Wildman–Crippen LogP) is 3.74. The van der Waals surface area contributed by atoms with Gasteiger partial charge in [-0.15, -0.1) is 0 Å². The molecule has 1 heterocycles. The van der Waals surface area contributed by atoms with E-state index in [1.807, 2.05) is 44.2 Å². The molecule has 2 aromatic carbocycles. The lowest BCUT2D eigenvalue weighted by Gasteiger charge is -2.24. The minimum absolute atomic E-state index is 0.122. The second-order valence-electron chi connectivity index (χ2n) is 7.57. The van der Waals surface area contributed by atoms with Crippen molar-refractivity contribution in [1.82, 2.24) is 9.78 Å². The molecule has 1 amide bonds. The highest BCUT2D eigenvalue weighted by atomic mass is 32.2. The van der Waals surface area contributed by atoms with Crippen molar-refractivity contribution in [2.24, 2.45) is 7.05 Å². The van der Waals surface area contributed by atoms with Crippen molar-refractivity contribution in [1.29, 1.82) is 0 Å². The molecule has 0 spiro atoms. The first-order valence-corrected chi connectivity index (χ1v) is 11.6. The minimum atomic E-state index is -4.02. The number of carbonyl (C=O) groups is 1. The summed E-state index contributed by atoms with van der Waals surface area (Å²) in [6, 6.07) is 14.6. The van der Waals surface area contributed by atoms with E-state index in [9.17, 15) is 13.2 Å². The maximum Gasteiger partial charge on any atom is 0.268 e. The van der Waals surface area contributed by atoms with E-state index in [4.69, 9.17) is 0 Å². The van der Waals surface area contributed by atoms with Crippen LogP contribution in [0, 0.1) is 20.8 Å². The van der Waals surface area contributed by atoms with Gasteiger partial charge in [-0.25, -0.2) is 8.42 Å². The fourth-order valence-corrected chi connectivity index (χ4v) is 5.29. The van der Waals surface area contributed by atoms with Gasteiger partial charge in [0.05, 0.1) is 17.1 Å². The van der Waals surface area contributed by atoms with E-state index in [-0.39, 0.29) is 11.4 Å². The summed E-state index contributed by atoms with van der Waals surface area (Å²) in [4.78, 5) is 13.0. The molecule has 0 aliphatic heterocycles. The molecule has 3 aromatic rings. The summed E-state index contributed by atoms with van der Waals surface area (Å²) in [5, 5.41) is 7.06. The average molecular weight is 441 g/mol. The Morgan fingerprint density at radius 3 is 2.35 bits per heavy atom. The Morgan fingerprint density at radius 1 is 1.10 bits per heavy atom. The largest absolute Gasteiger partial charge is 0.325 e. The quantitative estimate of drug-likeness (QED) is 0.607. The van der Waals surface area contributed by atoms with Crippen LogP contribution in [0.5, 0.6) is 0 Å². The van der Waals surface area contributed by atoms with Gasteiger partial charge in [-0.1, -0.05) is 36.8 Å². The van der Waals surface area contributed by atoms with Crippen LogP contribution in [-0.2, 0) is 28.3 Å². The van der Waals surface area contributed by atoms with Gasteiger partial charge >= 0.3 is 0 Å². The van der Waals surface area contributed by atoms with Crippen molar-refractivity contribution in [3.63, 3.8) is 0 Å². The van der Waals surface area contributed by atoms with E-state index in [1.54, 1.807) is 39.1 Å². The Labute approximate surface area is 183 Å². The molecular weight excluding hydrogens is 412 g/mol. The van der Waals surface area contributed by atoms with Gasteiger partial charge in [0.15, 0.2) is 0 Å². The number of nitrogens with one attached hydrogen (secondary N) is 1. The molecule has 0 fully saturated rings. The van der Waals surface area contributed by atoms with Crippen LogP contribution in [0.2, 0.25) is 0 Å². The first-order valence-electron chi connectivity index (χ1n) is 10.1. The van der Waals surface area contributed by atoms with Gasteiger partial charge in [-0.05, 0) is 57.0 Å². The van der Waals surface area contributed by atoms with E-state index >= 15 is 0 Å². The SMILES string of the molecule is CCc1cccc(NC(=O)CN(c2ccc(C)cc2)S(=O)(=O)c2c(C)nn(C)c2C)c1. The highest BCUT2D eigenvalue weighted by Gasteiger charge is 2.32. The van der Waals surface area contributed by atoms with Gasteiger partial charge in [0, 0.05) is 12.7 Å². The Kier molecular flexibility index (Phi) is 6.50. The molecule has 0 saturated heterocycles. The van der Waals surface area contributed by atoms with Crippen molar-refractivity contribution in [3.8, 4) is 0 Å². The summed E-state index contributed by atoms with van der Waals surface area (Å²) in [6.07, 6.45) is 0.840. The maximum atomic E-state index is 13.7. The number of benzene rings is 2. The molecule has 0 saturated carbocycles. The molecule has 8 heteroatoms. The molecular formula is C23H28N4O3S. The Bertz CT molecular complexity index is 1200. The molecule has 0 radical (unpaired) electrons. The van der Waals surface area contributed by atoms with Crippen molar-refractivity contribution >= 4 is 27.3 Å². The summed E-state index contributed by atoms with van der Waals surface area (Å²) in [5.74, 6) is -0.420. The Balaban J connectivity index is 1.98. The number of carbonyl (C=O) groups excluding carboxylic acids is 1. The molecule has 0 aliphatic rings. The fourth-order valence-electron chi connectivity index (χ4n) is 3.46. The zero-order chi connectivity index (χ0) is 22.8. The standard InChI is InChI=1S/C23H28N4O3S/c1-6-19-8-7-9-20(14-19)24-22(28)15-27(21-12-10-16(2)11-13-21)31(29,30)23-17(3)25-26(5)18(23)4/h7-14H,6,15H2,1-5H3,(H,24,28). The van der Waals surface area contributed by atoms with Crippen molar-refractivity contribution in [2.45, 2.75) is 39.0 Å². The molecule has 0 aliphatic carbocycles. The lowest BCUT2D eigenvalue weighted by molar-refractivity contribution is -0.114. The number of amides is 1. The highest BCUT2D eigenvalue weighted by molar-refractivity contribution is 7.93. The number of aryl methyl sites for hydroxylation is 4. The van der Waals surface area contributed by atoms with Crippen LogP contribution in [0.3, 0.4) is 0 Å². The van der Waals surface area contributed by atoms with Crippen LogP contribution in [0.4, 0.5) is 11.4 Å². The third-order valence-corrected chi connectivity index (χ3v) is 7.25. The molecule has 3 rings (SSSR count). The number of hydrogen-bond donors (Lipinski definition) is 1. The second kappa shape index (κ2) is 8.93. The highest BCUT2D eigenvalue weighted by Crippen LogP contribution is 2.28. The van der Waals surface area contributed by atoms with Crippen LogP contribution in [0.15, 0.2) is 53.4 Å². The monoisotopic (exact) mass is 440 g/mol. The zero-order valence-electron chi connectivity index (χ0n) is 18.5. The van der Waals surface area contributed by atoms with Gasteiger partial charge in [-0.3, -0.25) is 13.8 Å². The summed E-state index contributed by atoms with van der Waals surface area (Å²) < 4.78 is 30.0. The van der Waals surface area contributed by atoms with Crippen LogP contribution in [-0.4, -0.2) is 30.7 Å². The van der Waals surface area contributed by atoms with E-state index in [0.717, 1.165) is 21.9 Å². The number of aromatic nitrogens is 2. The molecule has 1 N–H and O–H groups in total. The van der Waals surface area contributed by atoms with E-state index < -0.39 is 15.9 Å². The summed E-state index contributed by atoms with van der Waals surface area (Å²) in [6.45, 7) is 6.96. The van der Waals surface area contributed by atoms with Crippen molar-refractivity contribution < 1.29 is 13.2 Å². The van der Waals surface area contributed by atoms with Gasteiger partial charge in [-0.2, -0.15) is 5.10 Å². The predicted molar refractivity (Wildman–Crippen MR) is 123 cm³/mol.